The van der Waals surface area contributed by atoms with Crippen LogP contribution in [0.2, 0.25) is 0 Å². The predicted molar refractivity (Wildman–Crippen MR) is 99.2 cm³/mol. The summed E-state index contributed by atoms with van der Waals surface area (Å²) in [5.74, 6) is 1.48. The zero-order valence-corrected chi connectivity index (χ0v) is 15.6. The SMILES string of the molecule is Cc1cncc(C(=O)N2CC3(C2)OCc2nc(C4CCCCC4)ncc23)c1. The quantitative estimate of drug-likeness (QED) is 0.819. The van der Waals surface area contributed by atoms with Crippen molar-refractivity contribution in [3.63, 3.8) is 0 Å². The van der Waals surface area contributed by atoms with Crippen molar-refractivity contribution < 1.29 is 9.53 Å². The molecule has 0 aromatic carbocycles. The van der Waals surface area contributed by atoms with Crippen molar-refractivity contribution in [1.82, 2.24) is 19.9 Å². The Hall–Kier alpha value is -2.34. The number of hydrogen-bond donors (Lipinski definition) is 0. The van der Waals surface area contributed by atoms with Crippen LogP contribution in [0.1, 0.15) is 71.0 Å². The van der Waals surface area contributed by atoms with Crippen LogP contribution in [0.15, 0.2) is 24.7 Å². The van der Waals surface area contributed by atoms with Crippen molar-refractivity contribution in [2.75, 3.05) is 13.1 Å². The molecule has 0 radical (unpaired) electrons. The third-order valence-corrected chi connectivity index (χ3v) is 6.13. The molecule has 2 aromatic rings. The topological polar surface area (TPSA) is 68.2 Å². The van der Waals surface area contributed by atoms with Crippen LogP contribution in [0, 0.1) is 6.92 Å². The van der Waals surface area contributed by atoms with Crippen molar-refractivity contribution in [2.24, 2.45) is 0 Å². The Balaban J connectivity index is 1.32. The Morgan fingerprint density at radius 2 is 2.00 bits per heavy atom. The number of aryl methyl sites for hydroxylation is 1. The molecule has 6 heteroatoms. The molecule has 2 fully saturated rings. The van der Waals surface area contributed by atoms with Crippen LogP contribution in [-0.4, -0.2) is 38.8 Å². The highest BCUT2D eigenvalue weighted by Crippen LogP contribution is 2.43. The number of hydrogen-bond acceptors (Lipinski definition) is 5. The first-order valence-electron chi connectivity index (χ1n) is 9.86. The summed E-state index contributed by atoms with van der Waals surface area (Å²) in [4.78, 5) is 28.2. The molecule has 1 saturated heterocycles. The normalized spacial score (nSPS) is 21.1. The van der Waals surface area contributed by atoms with Crippen molar-refractivity contribution >= 4 is 5.91 Å². The minimum absolute atomic E-state index is 0.00798. The van der Waals surface area contributed by atoms with Crippen molar-refractivity contribution in [3.05, 3.63) is 52.9 Å². The average Bonchev–Trinajstić information content (AvgIpc) is 3.06. The summed E-state index contributed by atoms with van der Waals surface area (Å²) < 4.78 is 6.12. The van der Waals surface area contributed by atoms with E-state index in [2.05, 4.69) is 9.97 Å². The number of ether oxygens (including phenoxy) is 1. The summed E-state index contributed by atoms with van der Waals surface area (Å²) in [6.45, 7) is 3.57. The van der Waals surface area contributed by atoms with E-state index in [1.54, 1.807) is 12.4 Å². The van der Waals surface area contributed by atoms with E-state index in [0.29, 0.717) is 31.2 Å². The molecule has 5 rings (SSSR count). The van der Waals surface area contributed by atoms with E-state index >= 15 is 0 Å². The maximum absolute atomic E-state index is 12.7. The second-order valence-electron chi connectivity index (χ2n) is 8.12. The van der Waals surface area contributed by atoms with Gasteiger partial charge in [-0.1, -0.05) is 19.3 Å². The van der Waals surface area contributed by atoms with Crippen LogP contribution in [0.25, 0.3) is 0 Å². The van der Waals surface area contributed by atoms with Gasteiger partial charge < -0.3 is 9.64 Å². The second kappa shape index (κ2) is 6.37. The third-order valence-electron chi connectivity index (χ3n) is 6.13. The van der Waals surface area contributed by atoms with Gasteiger partial charge in [-0.05, 0) is 31.4 Å². The molecule has 1 saturated carbocycles. The van der Waals surface area contributed by atoms with E-state index < -0.39 is 5.60 Å². The molecular formula is C21H24N4O2. The van der Waals surface area contributed by atoms with Gasteiger partial charge in [0, 0.05) is 30.1 Å². The molecular weight excluding hydrogens is 340 g/mol. The van der Waals surface area contributed by atoms with Gasteiger partial charge >= 0.3 is 0 Å². The Labute approximate surface area is 159 Å². The van der Waals surface area contributed by atoms with Gasteiger partial charge in [0.2, 0.25) is 0 Å². The predicted octanol–water partition coefficient (Wildman–Crippen LogP) is 3.11. The van der Waals surface area contributed by atoms with Gasteiger partial charge in [0.15, 0.2) is 0 Å². The van der Waals surface area contributed by atoms with Crippen LogP contribution in [-0.2, 0) is 16.9 Å². The summed E-state index contributed by atoms with van der Waals surface area (Å²) in [5.41, 5.74) is 3.27. The lowest BCUT2D eigenvalue weighted by Gasteiger charge is -2.47. The van der Waals surface area contributed by atoms with Gasteiger partial charge in [0.05, 0.1) is 31.0 Å². The molecule has 2 aliphatic heterocycles. The van der Waals surface area contributed by atoms with Gasteiger partial charge in [-0.2, -0.15) is 0 Å². The smallest absolute Gasteiger partial charge is 0.255 e. The van der Waals surface area contributed by atoms with E-state index in [4.69, 9.17) is 9.72 Å². The molecule has 2 aromatic heterocycles. The Bertz CT molecular complexity index is 886. The van der Waals surface area contributed by atoms with E-state index in [1.807, 2.05) is 24.1 Å². The maximum atomic E-state index is 12.7. The summed E-state index contributed by atoms with van der Waals surface area (Å²) in [5, 5.41) is 0. The molecule has 4 heterocycles. The largest absolute Gasteiger partial charge is 0.360 e. The third kappa shape index (κ3) is 2.83. The summed E-state index contributed by atoms with van der Waals surface area (Å²) in [6, 6.07) is 1.88. The summed E-state index contributed by atoms with van der Waals surface area (Å²) in [7, 11) is 0. The number of carbonyl (C=O) groups is 1. The monoisotopic (exact) mass is 364 g/mol. The van der Waals surface area contributed by atoms with Crippen molar-refractivity contribution in [3.8, 4) is 0 Å². The number of pyridine rings is 1. The van der Waals surface area contributed by atoms with Gasteiger partial charge in [0.25, 0.3) is 5.91 Å². The Morgan fingerprint density at radius 1 is 1.19 bits per heavy atom. The van der Waals surface area contributed by atoms with E-state index in [1.165, 1.54) is 32.1 Å². The molecule has 3 aliphatic rings. The fourth-order valence-electron chi connectivity index (χ4n) is 4.59. The number of carbonyl (C=O) groups excluding carboxylic acids is 1. The van der Waals surface area contributed by atoms with Gasteiger partial charge in [-0.3, -0.25) is 9.78 Å². The highest BCUT2D eigenvalue weighted by molar-refractivity contribution is 5.94. The molecule has 140 valence electrons. The Morgan fingerprint density at radius 3 is 2.78 bits per heavy atom. The fraction of sp³-hybridized carbons (Fsp3) is 0.524. The second-order valence-corrected chi connectivity index (χ2v) is 8.12. The van der Waals surface area contributed by atoms with Gasteiger partial charge in [0.1, 0.15) is 11.4 Å². The van der Waals surface area contributed by atoms with E-state index in [9.17, 15) is 4.79 Å². The van der Waals surface area contributed by atoms with E-state index in [0.717, 1.165) is 22.6 Å². The van der Waals surface area contributed by atoms with Crippen LogP contribution in [0.4, 0.5) is 0 Å². The van der Waals surface area contributed by atoms with Crippen molar-refractivity contribution in [2.45, 2.75) is 57.2 Å². The fourth-order valence-corrected chi connectivity index (χ4v) is 4.59. The first-order valence-corrected chi connectivity index (χ1v) is 9.86. The lowest BCUT2D eigenvalue weighted by Crippen LogP contribution is -2.61. The van der Waals surface area contributed by atoms with Crippen LogP contribution in [0.3, 0.4) is 0 Å². The molecule has 27 heavy (non-hydrogen) atoms. The van der Waals surface area contributed by atoms with Crippen LogP contribution in [0.5, 0.6) is 0 Å². The minimum Gasteiger partial charge on any atom is -0.360 e. The van der Waals surface area contributed by atoms with Crippen molar-refractivity contribution in [1.29, 1.82) is 0 Å². The highest BCUT2D eigenvalue weighted by atomic mass is 16.5. The average molecular weight is 364 g/mol. The standard InChI is InChI=1S/C21H24N4O2/c1-14-7-16(9-22-8-14)20(26)25-12-21(13-25)17-10-23-19(24-18(17)11-27-21)15-5-3-2-4-6-15/h7-10,15H,2-6,11-13H2,1H3. The maximum Gasteiger partial charge on any atom is 0.255 e. The molecule has 1 spiro atoms. The number of fused-ring (bicyclic) bond motifs is 2. The van der Waals surface area contributed by atoms with Crippen LogP contribution >= 0.6 is 0 Å². The van der Waals surface area contributed by atoms with Crippen LogP contribution < -0.4 is 0 Å². The molecule has 1 aliphatic carbocycles. The summed E-state index contributed by atoms with van der Waals surface area (Å²) >= 11 is 0. The number of amides is 1. The zero-order chi connectivity index (χ0) is 18.4. The molecule has 0 atom stereocenters. The first kappa shape index (κ1) is 16.8. The number of rotatable bonds is 2. The van der Waals surface area contributed by atoms with Gasteiger partial charge in [-0.25, -0.2) is 9.97 Å². The lowest BCUT2D eigenvalue weighted by molar-refractivity contribution is -0.126. The minimum atomic E-state index is -0.423. The molecule has 1 amide bonds. The molecule has 0 bridgehead atoms. The number of nitrogens with zero attached hydrogens (tertiary/aromatic N) is 4. The molecule has 0 N–H and O–H groups in total. The summed E-state index contributed by atoms with van der Waals surface area (Å²) in [6.07, 6.45) is 11.6. The zero-order valence-electron chi connectivity index (χ0n) is 15.6. The first-order chi connectivity index (χ1) is 13.1. The lowest BCUT2D eigenvalue weighted by atomic mass is 9.86. The molecule has 6 nitrogen and oxygen atoms in total. The number of aromatic nitrogens is 3. The van der Waals surface area contributed by atoms with E-state index in [-0.39, 0.29) is 5.91 Å². The Kier molecular flexibility index (Phi) is 3.97. The highest BCUT2D eigenvalue weighted by Gasteiger charge is 2.52. The molecule has 0 unspecified atom stereocenters. The van der Waals surface area contributed by atoms with Gasteiger partial charge in [-0.15, -0.1) is 0 Å². The number of likely N-dealkylation sites (tertiary alicyclic amines) is 1.